The molecule has 0 aliphatic carbocycles. The molecule has 6 nitrogen and oxygen atoms in total. The first-order valence-electron chi connectivity index (χ1n) is 7.87. The lowest BCUT2D eigenvalue weighted by Gasteiger charge is -2.12. The van der Waals surface area contributed by atoms with Crippen LogP contribution in [0, 0.1) is 11.8 Å². The number of ether oxygens (including phenoxy) is 1. The molecule has 1 N–H and O–H groups in total. The number of hydrogen-bond acceptors (Lipinski definition) is 6. The third kappa shape index (κ3) is 4.76. The number of nitrogens with zero attached hydrogens (tertiary/aromatic N) is 2. The van der Waals surface area contributed by atoms with Gasteiger partial charge >= 0.3 is 5.97 Å². The number of carbonyl (C=O) groups is 2. The highest BCUT2D eigenvalue weighted by Gasteiger charge is 2.35. The fourth-order valence-electron chi connectivity index (χ4n) is 2.70. The van der Waals surface area contributed by atoms with Crippen LogP contribution in [0.5, 0.6) is 0 Å². The second-order valence-corrected chi connectivity index (χ2v) is 6.69. The molecule has 1 aliphatic heterocycles. The van der Waals surface area contributed by atoms with Gasteiger partial charge in [-0.1, -0.05) is 38.0 Å². The van der Waals surface area contributed by atoms with Crippen LogP contribution in [0.15, 0.2) is 5.51 Å². The summed E-state index contributed by atoms with van der Waals surface area (Å²) in [6.07, 6.45) is 5.64. The predicted octanol–water partition coefficient (Wildman–Crippen LogP) is 3.01. The molecule has 0 unspecified atom stereocenters. The lowest BCUT2D eigenvalue weighted by atomic mass is 9.91. The second-order valence-electron chi connectivity index (χ2n) is 5.86. The number of cyclic esters (lactones) is 1. The Morgan fingerprint density at radius 1 is 1.55 bits per heavy atom. The van der Waals surface area contributed by atoms with Crippen LogP contribution in [-0.4, -0.2) is 28.2 Å². The molecule has 122 valence electrons. The van der Waals surface area contributed by atoms with Gasteiger partial charge in [0.15, 0.2) is 0 Å². The van der Waals surface area contributed by atoms with Crippen LogP contribution in [0.1, 0.15) is 52.4 Å². The number of rotatable bonds is 8. The molecule has 0 radical (unpaired) electrons. The Balaban J connectivity index is 1.77. The molecular weight excluding hydrogens is 302 g/mol. The fraction of sp³-hybridized carbons (Fsp3) is 0.733. The minimum atomic E-state index is -0.254. The standard InChI is InChI=1S/C15H23N3O3S/c1-3-4-5-6-12-8-11(14(20)21-12)7-10(2)13(19)17-15-18-16-9-22-15/h9-12H,3-8H2,1-2H3,(H,17,18,19)/t10-,11+,12-/m1/s1. The average molecular weight is 325 g/mol. The van der Waals surface area contributed by atoms with E-state index in [9.17, 15) is 9.59 Å². The first-order valence-corrected chi connectivity index (χ1v) is 8.75. The molecule has 2 heterocycles. The summed E-state index contributed by atoms with van der Waals surface area (Å²) < 4.78 is 5.42. The highest BCUT2D eigenvalue weighted by molar-refractivity contribution is 7.13. The monoisotopic (exact) mass is 325 g/mol. The Morgan fingerprint density at radius 3 is 3.05 bits per heavy atom. The van der Waals surface area contributed by atoms with Crippen molar-refractivity contribution in [1.29, 1.82) is 0 Å². The van der Waals surface area contributed by atoms with Gasteiger partial charge in [-0.25, -0.2) is 0 Å². The molecule has 1 aliphatic rings. The van der Waals surface area contributed by atoms with Gasteiger partial charge in [-0.05, 0) is 25.7 Å². The topological polar surface area (TPSA) is 81.2 Å². The van der Waals surface area contributed by atoms with E-state index in [1.54, 1.807) is 5.51 Å². The summed E-state index contributed by atoms with van der Waals surface area (Å²) in [6, 6.07) is 0. The Bertz CT molecular complexity index is 492. The van der Waals surface area contributed by atoms with Crippen LogP contribution in [-0.2, 0) is 14.3 Å². The summed E-state index contributed by atoms with van der Waals surface area (Å²) in [5.41, 5.74) is 1.56. The Labute approximate surface area is 134 Å². The molecule has 1 aromatic heterocycles. The summed E-state index contributed by atoms with van der Waals surface area (Å²) >= 11 is 1.28. The zero-order valence-electron chi connectivity index (χ0n) is 13.1. The quantitative estimate of drug-likeness (QED) is 0.587. The summed E-state index contributed by atoms with van der Waals surface area (Å²) in [4.78, 5) is 24.0. The lowest BCUT2D eigenvalue weighted by molar-refractivity contribution is -0.144. The summed E-state index contributed by atoms with van der Waals surface area (Å²) in [5.74, 6) is -0.700. The van der Waals surface area contributed by atoms with Gasteiger partial charge in [-0.15, -0.1) is 10.2 Å². The number of aromatic nitrogens is 2. The highest BCUT2D eigenvalue weighted by Crippen LogP contribution is 2.30. The second kappa shape index (κ2) is 8.22. The number of amides is 1. The van der Waals surface area contributed by atoms with E-state index in [0.29, 0.717) is 11.6 Å². The van der Waals surface area contributed by atoms with Gasteiger partial charge in [0.25, 0.3) is 0 Å². The molecule has 0 aromatic carbocycles. The van der Waals surface area contributed by atoms with Gasteiger partial charge in [0, 0.05) is 5.92 Å². The van der Waals surface area contributed by atoms with Crippen LogP contribution < -0.4 is 5.32 Å². The zero-order valence-corrected chi connectivity index (χ0v) is 13.9. The van der Waals surface area contributed by atoms with E-state index in [1.807, 2.05) is 6.92 Å². The van der Waals surface area contributed by atoms with Crippen LogP contribution in [0.3, 0.4) is 0 Å². The fourth-order valence-corrected chi connectivity index (χ4v) is 3.15. The van der Waals surface area contributed by atoms with E-state index >= 15 is 0 Å². The predicted molar refractivity (Wildman–Crippen MR) is 84.4 cm³/mol. The number of unbranched alkanes of at least 4 members (excludes halogenated alkanes) is 2. The molecule has 7 heteroatoms. The van der Waals surface area contributed by atoms with Gasteiger partial charge in [0.05, 0.1) is 5.92 Å². The number of carbonyl (C=O) groups excluding carboxylic acids is 2. The normalized spacial score (nSPS) is 22.4. The van der Waals surface area contributed by atoms with Crippen molar-refractivity contribution in [1.82, 2.24) is 10.2 Å². The summed E-state index contributed by atoms with van der Waals surface area (Å²) in [7, 11) is 0. The van der Waals surface area contributed by atoms with Crippen molar-refractivity contribution >= 4 is 28.3 Å². The van der Waals surface area contributed by atoms with Gasteiger partial charge in [-0.3, -0.25) is 9.59 Å². The minimum Gasteiger partial charge on any atom is -0.462 e. The number of nitrogens with one attached hydrogen (secondary N) is 1. The van der Waals surface area contributed by atoms with E-state index in [-0.39, 0.29) is 29.8 Å². The van der Waals surface area contributed by atoms with Gasteiger partial charge < -0.3 is 10.1 Å². The van der Waals surface area contributed by atoms with Crippen LogP contribution in [0.2, 0.25) is 0 Å². The number of hydrogen-bond donors (Lipinski definition) is 1. The molecule has 0 saturated carbocycles. The average Bonchev–Trinajstić information content (AvgIpc) is 3.10. The molecule has 1 saturated heterocycles. The Morgan fingerprint density at radius 2 is 2.36 bits per heavy atom. The highest BCUT2D eigenvalue weighted by atomic mass is 32.1. The first-order chi connectivity index (χ1) is 10.6. The molecule has 1 amide bonds. The maximum atomic E-state index is 12.1. The molecule has 2 rings (SSSR count). The maximum Gasteiger partial charge on any atom is 0.309 e. The maximum absolute atomic E-state index is 12.1. The third-order valence-corrected chi connectivity index (χ3v) is 4.58. The van der Waals surface area contributed by atoms with Gasteiger partial charge in [0.1, 0.15) is 11.6 Å². The van der Waals surface area contributed by atoms with E-state index in [0.717, 1.165) is 25.7 Å². The van der Waals surface area contributed by atoms with E-state index in [1.165, 1.54) is 17.8 Å². The Kier molecular flexibility index (Phi) is 6.30. The number of anilines is 1. The molecule has 0 spiro atoms. The molecule has 1 fully saturated rings. The van der Waals surface area contributed by atoms with Gasteiger partial charge in [0.2, 0.25) is 11.0 Å². The van der Waals surface area contributed by atoms with Crippen LogP contribution >= 0.6 is 11.3 Å². The minimum absolute atomic E-state index is 0.0301. The molecule has 1 aromatic rings. The SMILES string of the molecule is CCCCC[C@@H]1C[C@H](C[C@@H](C)C(=O)Nc2nncs2)C(=O)O1. The van der Waals surface area contributed by atoms with Crippen molar-refractivity contribution in [3.8, 4) is 0 Å². The van der Waals surface area contributed by atoms with Crippen molar-refractivity contribution in [2.45, 2.75) is 58.5 Å². The third-order valence-electron chi connectivity index (χ3n) is 3.97. The smallest absolute Gasteiger partial charge is 0.309 e. The summed E-state index contributed by atoms with van der Waals surface area (Å²) in [6.45, 7) is 3.98. The Hall–Kier alpha value is -1.50. The summed E-state index contributed by atoms with van der Waals surface area (Å²) in [5, 5.41) is 10.7. The van der Waals surface area contributed by atoms with Crippen molar-refractivity contribution < 1.29 is 14.3 Å². The largest absolute Gasteiger partial charge is 0.462 e. The molecule has 3 atom stereocenters. The van der Waals surface area contributed by atoms with E-state index < -0.39 is 0 Å². The zero-order chi connectivity index (χ0) is 15.9. The molecular formula is C15H23N3O3S. The van der Waals surface area contributed by atoms with Crippen molar-refractivity contribution in [2.24, 2.45) is 11.8 Å². The molecule has 22 heavy (non-hydrogen) atoms. The van der Waals surface area contributed by atoms with Crippen molar-refractivity contribution in [3.63, 3.8) is 0 Å². The van der Waals surface area contributed by atoms with E-state index in [4.69, 9.17) is 4.74 Å². The van der Waals surface area contributed by atoms with E-state index in [2.05, 4.69) is 22.4 Å². The molecule has 0 bridgehead atoms. The van der Waals surface area contributed by atoms with Crippen molar-refractivity contribution in [2.75, 3.05) is 5.32 Å². The lowest BCUT2D eigenvalue weighted by Crippen LogP contribution is -2.24. The van der Waals surface area contributed by atoms with Crippen LogP contribution in [0.4, 0.5) is 5.13 Å². The first kappa shape index (κ1) is 16.9. The van der Waals surface area contributed by atoms with Gasteiger partial charge in [-0.2, -0.15) is 0 Å². The van der Waals surface area contributed by atoms with Crippen molar-refractivity contribution in [3.05, 3.63) is 5.51 Å². The number of esters is 1. The van der Waals surface area contributed by atoms with Crippen LogP contribution in [0.25, 0.3) is 0 Å².